The Kier molecular flexibility index (Phi) is 5.55. The van der Waals surface area contributed by atoms with Crippen molar-refractivity contribution >= 4 is 23.6 Å². The molecule has 0 spiro atoms. The molecule has 132 valence electrons. The first-order valence-electron chi connectivity index (χ1n) is 7.48. The quantitative estimate of drug-likeness (QED) is 0.512. The van der Waals surface area contributed by atoms with Gasteiger partial charge in [-0.1, -0.05) is 17.7 Å². The SMILES string of the molecule is O=c1nc(N/N=C/c2ccc(OCc3c(F)cccc3Cl)cc2)cn[nH]1. The summed E-state index contributed by atoms with van der Waals surface area (Å²) < 4.78 is 19.3. The third-order valence-electron chi connectivity index (χ3n) is 3.29. The molecule has 2 N–H and O–H groups in total. The zero-order valence-corrected chi connectivity index (χ0v) is 14.1. The lowest BCUT2D eigenvalue weighted by Crippen LogP contribution is -2.13. The number of hydrogen-bond acceptors (Lipinski definition) is 6. The minimum atomic E-state index is -0.568. The first-order chi connectivity index (χ1) is 12.6. The molecule has 2 aromatic carbocycles. The third kappa shape index (κ3) is 4.64. The van der Waals surface area contributed by atoms with Gasteiger partial charge in [-0.05, 0) is 42.0 Å². The lowest BCUT2D eigenvalue weighted by Gasteiger charge is -2.08. The van der Waals surface area contributed by atoms with Crippen LogP contribution < -0.4 is 15.9 Å². The summed E-state index contributed by atoms with van der Waals surface area (Å²) in [6.07, 6.45) is 2.88. The maximum Gasteiger partial charge on any atom is 0.363 e. The number of H-pyrrole nitrogens is 1. The van der Waals surface area contributed by atoms with E-state index < -0.39 is 11.5 Å². The maximum absolute atomic E-state index is 13.7. The molecule has 0 aliphatic heterocycles. The van der Waals surface area contributed by atoms with Gasteiger partial charge in [0, 0.05) is 5.56 Å². The predicted molar refractivity (Wildman–Crippen MR) is 96.1 cm³/mol. The van der Waals surface area contributed by atoms with Crippen LogP contribution in [0.1, 0.15) is 11.1 Å². The van der Waals surface area contributed by atoms with Crippen molar-refractivity contribution in [1.29, 1.82) is 0 Å². The molecule has 0 saturated heterocycles. The molecule has 0 aliphatic rings. The summed E-state index contributed by atoms with van der Waals surface area (Å²) in [4.78, 5) is 14.6. The zero-order valence-electron chi connectivity index (χ0n) is 13.3. The molecule has 0 radical (unpaired) electrons. The van der Waals surface area contributed by atoms with Crippen LogP contribution >= 0.6 is 11.6 Å². The van der Waals surface area contributed by atoms with Gasteiger partial charge in [0.15, 0.2) is 5.82 Å². The van der Waals surface area contributed by atoms with Crippen molar-refractivity contribution in [2.45, 2.75) is 6.61 Å². The van der Waals surface area contributed by atoms with E-state index in [4.69, 9.17) is 16.3 Å². The molecule has 0 bridgehead atoms. The van der Waals surface area contributed by atoms with Gasteiger partial charge in [0.1, 0.15) is 18.2 Å². The number of aromatic nitrogens is 3. The lowest BCUT2D eigenvalue weighted by atomic mass is 10.2. The van der Waals surface area contributed by atoms with Crippen LogP contribution in [0.3, 0.4) is 0 Å². The number of nitrogens with one attached hydrogen (secondary N) is 2. The van der Waals surface area contributed by atoms with E-state index in [1.54, 1.807) is 42.6 Å². The summed E-state index contributed by atoms with van der Waals surface area (Å²) in [6, 6.07) is 11.5. The van der Waals surface area contributed by atoms with Crippen molar-refractivity contribution in [3.63, 3.8) is 0 Å². The topological polar surface area (TPSA) is 92.3 Å². The number of anilines is 1. The van der Waals surface area contributed by atoms with Gasteiger partial charge < -0.3 is 4.74 Å². The normalized spacial score (nSPS) is 10.8. The van der Waals surface area contributed by atoms with Crippen molar-refractivity contribution < 1.29 is 9.13 Å². The summed E-state index contributed by atoms with van der Waals surface area (Å²) in [7, 11) is 0. The van der Waals surface area contributed by atoms with E-state index in [0.717, 1.165) is 5.56 Å². The van der Waals surface area contributed by atoms with Gasteiger partial charge in [0.2, 0.25) is 0 Å². The Morgan fingerprint density at radius 2 is 2.08 bits per heavy atom. The molecule has 0 atom stereocenters. The molecule has 9 heteroatoms. The number of benzene rings is 2. The lowest BCUT2D eigenvalue weighted by molar-refractivity contribution is 0.300. The fourth-order valence-electron chi connectivity index (χ4n) is 2.01. The highest BCUT2D eigenvalue weighted by atomic mass is 35.5. The Hall–Kier alpha value is -3.26. The standard InChI is InChI=1S/C17H13ClFN5O2/c18-14-2-1-3-15(19)13(14)10-26-12-6-4-11(5-7-12)8-20-23-16-9-21-24-17(25)22-16/h1-9H,10H2,(H2,22,23,24,25)/b20-8+. The molecule has 7 nitrogen and oxygen atoms in total. The Morgan fingerprint density at radius 1 is 1.27 bits per heavy atom. The molecule has 26 heavy (non-hydrogen) atoms. The van der Waals surface area contributed by atoms with E-state index in [9.17, 15) is 9.18 Å². The first kappa shape index (κ1) is 17.6. The average molecular weight is 374 g/mol. The van der Waals surface area contributed by atoms with Gasteiger partial charge in [-0.2, -0.15) is 15.2 Å². The Bertz CT molecular complexity index is 955. The van der Waals surface area contributed by atoms with Crippen molar-refractivity contribution in [3.8, 4) is 5.75 Å². The molecule has 1 aromatic heterocycles. The molecule has 0 fully saturated rings. The van der Waals surface area contributed by atoms with E-state index >= 15 is 0 Å². The number of ether oxygens (including phenoxy) is 1. The van der Waals surface area contributed by atoms with Crippen LogP contribution in [0.15, 0.2) is 58.6 Å². The van der Waals surface area contributed by atoms with Crippen LogP contribution in [0.5, 0.6) is 5.75 Å². The second kappa shape index (κ2) is 8.21. The highest BCUT2D eigenvalue weighted by Gasteiger charge is 2.07. The fourth-order valence-corrected chi connectivity index (χ4v) is 2.23. The van der Waals surface area contributed by atoms with Gasteiger partial charge >= 0.3 is 5.69 Å². The Morgan fingerprint density at radius 3 is 2.81 bits per heavy atom. The molecule has 1 heterocycles. The molecule has 0 saturated carbocycles. The van der Waals surface area contributed by atoms with Crippen LogP contribution in [0.25, 0.3) is 0 Å². The molecule has 0 amide bonds. The molecular formula is C17H13ClFN5O2. The van der Waals surface area contributed by atoms with Crippen molar-refractivity contribution in [2.24, 2.45) is 5.10 Å². The van der Waals surface area contributed by atoms with Gasteiger partial charge in [-0.15, -0.1) is 0 Å². The third-order valence-corrected chi connectivity index (χ3v) is 3.64. The van der Waals surface area contributed by atoms with Crippen LogP contribution in [0.2, 0.25) is 5.02 Å². The molecule has 0 aliphatic carbocycles. The van der Waals surface area contributed by atoms with Crippen LogP contribution in [0, 0.1) is 5.82 Å². The van der Waals surface area contributed by atoms with Gasteiger partial charge in [0.25, 0.3) is 0 Å². The van der Waals surface area contributed by atoms with Crippen molar-refractivity contribution in [2.75, 3.05) is 5.43 Å². The largest absolute Gasteiger partial charge is 0.489 e. The van der Waals surface area contributed by atoms with Crippen LogP contribution in [-0.2, 0) is 6.61 Å². The number of rotatable bonds is 6. The van der Waals surface area contributed by atoms with Crippen LogP contribution in [-0.4, -0.2) is 21.4 Å². The van der Waals surface area contributed by atoms with E-state index in [0.29, 0.717) is 16.3 Å². The zero-order chi connectivity index (χ0) is 18.4. The maximum atomic E-state index is 13.7. The van der Waals surface area contributed by atoms with E-state index in [-0.39, 0.29) is 12.4 Å². The smallest absolute Gasteiger partial charge is 0.363 e. The fraction of sp³-hybridized carbons (Fsp3) is 0.0588. The predicted octanol–water partition coefficient (Wildman–Crippen LogP) is 2.98. The number of nitrogens with zero attached hydrogens (tertiary/aromatic N) is 3. The first-order valence-corrected chi connectivity index (χ1v) is 7.86. The van der Waals surface area contributed by atoms with Gasteiger partial charge in [-0.25, -0.2) is 14.3 Å². The number of aromatic amines is 1. The highest BCUT2D eigenvalue weighted by molar-refractivity contribution is 6.31. The van der Waals surface area contributed by atoms with Crippen molar-refractivity contribution in [1.82, 2.24) is 15.2 Å². The summed E-state index contributed by atoms with van der Waals surface area (Å²) in [5.41, 5.74) is 3.12. The van der Waals surface area contributed by atoms with E-state index in [2.05, 4.69) is 25.7 Å². The molecular weight excluding hydrogens is 361 g/mol. The van der Waals surface area contributed by atoms with Crippen molar-refractivity contribution in [3.05, 3.63) is 81.1 Å². The monoisotopic (exact) mass is 373 g/mol. The number of hydrogen-bond donors (Lipinski definition) is 2. The highest BCUT2D eigenvalue weighted by Crippen LogP contribution is 2.21. The minimum Gasteiger partial charge on any atom is -0.489 e. The molecule has 3 aromatic rings. The Labute approximate surface area is 152 Å². The summed E-state index contributed by atoms with van der Waals surface area (Å²) >= 11 is 5.96. The van der Waals surface area contributed by atoms with E-state index in [1.165, 1.54) is 12.3 Å². The summed E-state index contributed by atoms with van der Waals surface area (Å²) in [5.74, 6) is 0.386. The second-order valence-corrected chi connectivity index (χ2v) is 5.51. The van der Waals surface area contributed by atoms with Gasteiger partial charge in [-0.3, -0.25) is 5.43 Å². The number of hydrazone groups is 1. The molecule has 3 rings (SSSR count). The van der Waals surface area contributed by atoms with E-state index in [1.807, 2.05) is 0 Å². The van der Waals surface area contributed by atoms with Crippen LogP contribution in [0.4, 0.5) is 10.2 Å². The second-order valence-electron chi connectivity index (χ2n) is 5.10. The Balaban J connectivity index is 1.58. The minimum absolute atomic E-state index is 0.0295. The summed E-state index contributed by atoms with van der Waals surface area (Å²) in [6.45, 7) is 0.0295. The van der Waals surface area contributed by atoms with Gasteiger partial charge in [0.05, 0.1) is 17.4 Å². The number of halogens is 2. The summed E-state index contributed by atoms with van der Waals surface area (Å²) in [5, 5.41) is 10.0. The molecule has 0 unspecified atom stereocenters. The average Bonchev–Trinajstić information content (AvgIpc) is 2.63.